The molecule has 6 nitrogen and oxygen atoms in total. The van der Waals surface area contributed by atoms with Crippen molar-refractivity contribution in [1.82, 2.24) is 9.71 Å². The zero-order valence-corrected chi connectivity index (χ0v) is 16.8. The Hall–Kier alpha value is -1.57. The normalized spacial score (nSPS) is 14.2. The molecule has 0 spiro atoms. The maximum Gasteiger partial charge on any atom is 0.295 e. The van der Waals surface area contributed by atoms with Crippen molar-refractivity contribution in [2.24, 2.45) is 0 Å². The molecule has 25 heavy (non-hydrogen) atoms. The maximum atomic E-state index is 12.9. The Kier molecular flexibility index (Phi) is 6.87. The lowest BCUT2D eigenvalue weighted by Gasteiger charge is -2.21. The molecule has 7 heteroatoms. The first-order valence-electron chi connectivity index (χ1n) is 8.71. The molecule has 2 N–H and O–H groups in total. The van der Waals surface area contributed by atoms with Gasteiger partial charge in [0.2, 0.25) is 5.16 Å². The molecule has 0 aliphatic rings. The quantitative estimate of drug-likeness (QED) is 0.464. The van der Waals surface area contributed by atoms with Gasteiger partial charge in [-0.3, -0.25) is 4.79 Å². The molecule has 0 amide bonds. The van der Waals surface area contributed by atoms with Gasteiger partial charge in [-0.25, -0.2) is 4.98 Å². The highest BCUT2D eigenvalue weighted by Gasteiger charge is 2.19. The van der Waals surface area contributed by atoms with Gasteiger partial charge in [0.25, 0.3) is 5.56 Å². The molecular weight excluding hydrogens is 336 g/mol. The molecule has 0 saturated carbocycles. The van der Waals surface area contributed by atoms with Crippen LogP contribution in [0.15, 0.2) is 34.2 Å². The Morgan fingerprint density at radius 2 is 1.76 bits per heavy atom. The van der Waals surface area contributed by atoms with Crippen LogP contribution in [0.2, 0.25) is 0 Å². The van der Waals surface area contributed by atoms with Crippen LogP contribution >= 0.6 is 11.8 Å². The average Bonchev–Trinajstić information content (AvgIpc) is 2.49. The number of hydrogen-bond donors (Lipinski definition) is 2. The van der Waals surface area contributed by atoms with E-state index in [0.29, 0.717) is 21.3 Å². The summed E-state index contributed by atoms with van der Waals surface area (Å²) in [6.45, 7) is 5.92. The third kappa shape index (κ3) is 5.45. The number of thioether (sulfide) groups is 1. The second-order valence-corrected chi connectivity index (χ2v) is 8.58. The molecule has 0 fully saturated rings. The summed E-state index contributed by atoms with van der Waals surface area (Å²) >= 11 is 1.59. The van der Waals surface area contributed by atoms with Crippen LogP contribution in [0.5, 0.6) is 0 Å². The molecule has 2 atom stereocenters. The number of likely N-dealkylation sites (N-methyl/N-ethyl adjacent to an activating group) is 1. The molecular formula is C18H30N4O2S+2. The fourth-order valence-electron chi connectivity index (χ4n) is 2.85. The van der Waals surface area contributed by atoms with Crippen LogP contribution in [0, 0.1) is 0 Å². The Balaban J connectivity index is 2.42. The first-order chi connectivity index (χ1) is 11.8. The van der Waals surface area contributed by atoms with Gasteiger partial charge in [0.05, 0.1) is 50.9 Å². The summed E-state index contributed by atoms with van der Waals surface area (Å²) in [6, 6.07) is 7.43. The number of fused-ring (bicyclic) bond motifs is 1. The minimum atomic E-state index is -0.141. The van der Waals surface area contributed by atoms with Crippen molar-refractivity contribution in [3.63, 3.8) is 0 Å². The minimum absolute atomic E-state index is 0.0835. The molecule has 0 aliphatic carbocycles. The highest BCUT2D eigenvalue weighted by molar-refractivity contribution is 7.99. The Labute approximate surface area is 153 Å². The summed E-state index contributed by atoms with van der Waals surface area (Å²) in [5.74, 6) is 0. The van der Waals surface area contributed by atoms with Crippen molar-refractivity contribution in [3.05, 3.63) is 34.6 Å². The Bertz CT molecular complexity index is 760. The lowest BCUT2D eigenvalue weighted by atomic mass is 10.2. The summed E-state index contributed by atoms with van der Waals surface area (Å²) in [5.41, 5.74) is 0.572. The largest absolute Gasteiger partial charge is 0.399 e. The standard InChI is InChI=1S/C18H28N4O2S/c1-13(11-20(3)4)24-22-17(23)15-9-7-8-10-16(15)19-18(22)25-14(2)12-21(5)6/h7-10,13-14H,11-12H2,1-6H3/p+2/t13-,14-/m0/s1. The van der Waals surface area contributed by atoms with Gasteiger partial charge in [0.1, 0.15) is 6.54 Å². The molecule has 138 valence electrons. The van der Waals surface area contributed by atoms with Crippen LogP contribution < -0.4 is 20.2 Å². The predicted octanol–water partition coefficient (Wildman–Crippen LogP) is -1.02. The number of rotatable bonds is 8. The number of aromatic nitrogens is 2. The van der Waals surface area contributed by atoms with Crippen molar-refractivity contribution in [3.8, 4) is 0 Å². The van der Waals surface area contributed by atoms with Crippen LogP contribution in [-0.4, -0.2) is 62.3 Å². The van der Waals surface area contributed by atoms with Crippen molar-refractivity contribution in [2.75, 3.05) is 41.3 Å². The SMILES string of the molecule is C[C@@H](C[NH+](C)C)On1c(S[C@@H](C)C[NH+](C)C)nc2ccccc2c1=O. The monoisotopic (exact) mass is 366 g/mol. The van der Waals surface area contributed by atoms with Gasteiger partial charge in [-0.15, -0.1) is 4.73 Å². The van der Waals surface area contributed by atoms with E-state index in [2.05, 4.69) is 35.1 Å². The van der Waals surface area contributed by atoms with Gasteiger partial charge in [-0.05, 0) is 26.0 Å². The third-order valence-electron chi connectivity index (χ3n) is 3.69. The van der Waals surface area contributed by atoms with Gasteiger partial charge < -0.3 is 14.6 Å². The fraction of sp³-hybridized carbons (Fsp3) is 0.556. The van der Waals surface area contributed by atoms with Gasteiger partial charge in [-0.2, -0.15) is 0 Å². The molecule has 2 aromatic rings. The van der Waals surface area contributed by atoms with Crippen molar-refractivity contribution in [2.45, 2.75) is 30.4 Å². The topological polar surface area (TPSA) is 53.0 Å². The maximum absolute atomic E-state index is 12.9. The number of para-hydroxylation sites is 1. The van der Waals surface area contributed by atoms with Gasteiger partial charge in [0.15, 0.2) is 6.10 Å². The van der Waals surface area contributed by atoms with E-state index in [1.54, 1.807) is 17.8 Å². The van der Waals surface area contributed by atoms with E-state index in [1.165, 1.54) is 14.5 Å². The number of benzene rings is 1. The Morgan fingerprint density at radius 1 is 1.12 bits per heavy atom. The number of nitrogens with zero attached hydrogens (tertiary/aromatic N) is 2. The number of nitrogens with one attached hydrogen (secondary N) is 2. The molecule has 0 radical (unpaired) electrons. The number of hydrogen-bond acceptors (Lipinski definition) is 4. The predicted molar refractivity (Wildman–Crippen MR) is 103 cm³/mol. The summed E-state index contributed by atoms with van der Waals surface area (Å²) in [5, 5.41) is 1.53. The van der Waals surface area contributed by atoms with E-state index >= 15 is 0 Å². The van der Waals surface area contributed by atoms with E-state index < -0.39 is 0 Å². The van der Waals surface area contributed by atoms with E-state index in [1.807, 2.05) is 25.1 Å². The molecule has 0 unspecified atom stereocenters. The van der Waals surface area contributed by atoms with Crippen molar-refractivity contribution >= 4 is 22.7 Å². The second-order valence-electron chi connectivity index (χ2n) is 7.18. The second kappa shape index (κ2) is 8.69. The smallest absolute Gasteiger partial charge is 0.295 e. The fourth-order valence-corrected chi connectivity index (χ4v) is 4.00. The molecule has 0 bridgehead atoms. The first kappa shape index (κ1) is 19.8. The van der Waals surface area contributed by atoms with Crippen LogP contribution in [0.25, 0.3) is 10.9 Å². The average molecular weight is 367 g/mol. The lowest BCUT2D eigenvalue weighted by molar-refractivity contribution is -0.861. The van der Waals surface area contributed by atoms with Gasteiger partial charge in [0, 0.05) is 0 Å². The third-order valence-corrected chi connectivity index (χ3v) is 4.73. The van der Waals surface area contributed by atoms with Gasteiger partial charge in [-0.1, -0.05) is 23.9 Å². The molecule has 1 heterocycles. The lowest BCUT2D eigenvalue weighted by Crippen LogP contribution is -3.07. The molecule has 0 aliphatic heterocycles. The zero-order chi connectivity index (χ0) is 18.6. The van der Waals surface area contributed by atoms with Crippen molar-refractivity contribution < 1.29 is 14.6 Å². The summed E-state index contributed by atoms with van der Waals surface area (Å²) in [6.07, 6.45) is -0.0835. The van der Waals surface area contributed by atoms with Crippen molar-refractivity contribution in [1.29, 1.82) is 0 Å². The molecule has 0 saturated heterocycles. The first-order valence-corrected chi connectivity index (χ1v) is 9.59. The molecule has 1 aromatic heterocycles. The Morgan fingerprint density at radius 3 is 2.40 bits per heavy atom. The van der Waals surface area contributed by atoms with E-state index in [4.69, 9.17) is 9.82 Å². The van der Waals surface area contributed by atoms with Gasteiger partial charge >= 0.3 is 0 Å². The minimum Gasteiger partial charge on any atom is -0.399 e. The van der Waals surface area contributed by atoms with Crippen LogP contribution in [0.3, 0.4) is 0 Å². The van der Waals surface area contributed by atoms with Crippen LogP contribution in [0.4, 0.5) is 0 Å². The van der Waals surface area contributed by atoms with Crippen LogP contribution in [0.1, 0.15) is 13.8 Å². The van der Waals surface area contributed by atoms with E-state index in [-0.39, 0.29) is 11.7 Å². The molecule has 2 rings (SSSR count). The summed E-state index contributed by atoms with van der Waals surface area (Å²) < 4.78 is 1.39. The van der Waals surface area contributed by atoms with E-state index in [0.717, 1.165) is 13.1 Å². The molecule has 1 aromatic carbocycles. The summed E-state index contributed by atoms with van der Waals surface area (Å²) in [4.78, 5) is 26.3. The highest BCUT2D eigenvalue weighted by Crippen LogP contribution is 2.21. The van der Waals surface area contributed by atoms with E-state index in [9.17, 15) is 4.79 Å². The van der Waals surface area contributed by atoms with Crippen LogP contribution in [-0.2, 0) is 0 Å². The number of quaternary nitrogens is 2. The summed E-state index contributed by atoms with van der Waals surface area (Å²) in [7, 11) is 8.38. The highest BCUT2D eigenvalue weighted by atomic mass is 32.2. The zero-order valence-electron chi connectivity index (χ0n) is 16.0.